The molecule has 0 saturated heterocycles. The van der Waals surface area contributed by atoms with Crippen molar-refractivity contribution in [2.45, 2.75) is 13.0 Å². The third kappa shape index (κ3) is 5.75. The van der Waals surface area contributed by atoms with Gasteiger partial charge in [0, 0.05) is 12.7 Å². The van der Waals surface area contributed by atoms with Crippen LogP contribution in [0.25, 0.3) is 0 Å². The number of nitrogens with one attached hydrogen (secondary N) is 1. The Morgan fingerprint density at radius 3 is 2.45 bits per heavy atom. The summed E-state index contributed by atoms with van der Waals surface area (Å²) in [5.74, 6) is -0.533. The van der Waals surface area contributed by atoms with Crippen LogP contribution in [-0.4, -0.2) is 36.1 Å². The lowest BCUT2D eigenvalue weighted by molar-refractivity contribution is -0.144. The number of methoxy groups -OCH3 is 1. The van der Waals surface area contributed by atoms with Crippen LogP contribution in [0, 0.1) is 0 Å². The van der Waals surface area contributed by atoms with Crippen molar-refractivity contribution < 1.29 is 23.9 Å². The van der Waals surface area contributed by atoms with E-state index in [4.69, 9.17) is 4.74 Å². The summed E-state index contributed by atoms with van der Waals surface area (Å²) in [7, 11) is 1.21. The molecule has 0 aliphatic heterocycles. The van der Waals surface area contributed by atoms with Crippen LogP contribution in [-0.2, 0) is 14.3 Å². The van der Waals surface area contributed by atoms with E-state index in [2.05, 4.69) is 10.1 Å². The van der Waals surface area contributed by atoms with Gasteiger partial charge in [0.15, 0.2) is 0 Å². The molecule has 1 aromatic carbocycles. The van der Waals surface area contributed by atoms with Crippen LogP contribution >= 0.6 is 11.8 Å². The predicted molar refractivity (Wildman–Crippen MR) is 74.5 cm³/mol. The maximum Gasteiger partial charge on any atom is 0.372 e. The van der Waals surface area contributed by atoms with Crippen LogP contribution < -0.4 is 10.1 Å². The Morgan fingerprint density at radius 2 is 1.90 bits per heavy atom. The van der Waals surface area contributed by atoms with Crippen molar-refractivity contribution in [1.82, 2.24) is 5.32 Å². The monoisotopic (exact) mass is 297 g/mol. The van der Waals surface area contributed by atoms with Gasteiger partial charge in [-0.05, 0) is 23.9 Å². The first-order valence-electron chi connectivity index (χ1n) is 5.77. The molecule has 1 N–H and O–H groups in total. The van der Waals surface area contributed by atoms with Gasteiger partial charge in [-0.2, -0.15) is 0 Å². The van der Waals surface area contributed by atoms with E-state index in [0.29, 0.717) is 5.75 Å². The summed E-state index contributed by atoms with van der Waals surface area (Å²) in [5, 5.41) is 1.85. The van der Waals surface area contributed by atoms with Crippen LogP contribution in [0.4, 0.5) is 4.79 Å². The largest absolute Gasteiger partial charge is 0.467 e. The van der Waals surface area contributed by atoms with Crippen molar-refractivity contribution in [3.8, 4) is 5.75 Å². The summed E-state index contributed by atoms with van der Waals surface area (Å²) in [6.45, 7) is 1.28. The summed E-state index contributed by atoms with van der Waals surface area (Å²) in [5.41, 5.74) is 0. The number of esters is 1. The summed E-state index contributed by atoms with van der Waals surface area (Å²) in [4.78, 5) is 34.0. The number of para-hydroxylation sites is 1. The molecule has 0 spiro atoms. The van der Waals surface area contributed by atoms with Crippen molar-refractivity contribution in [3.63, 3.8) is 0 Å². The number of rotatable bonds is 5. The SMILES string of the molecule is COC(=O)C(CSC(=O)Oc1ccccc1)NC(C)=O. The lowest BCUT2D eigenvalue weighted by atomic mass is 10.3. The Kier molecular flexibility index (Phi) is 6.58. The quantitative estimate of drug-likeness (QED) is 0.831. The normalized spacial score (nSPS) is 11.3. The van der Waals surface area contributed by atoms with Gasteiger partial charge in [0.25, 0.3) is 0 Å². The van der Waals surface area contributed by atoms with Crippen molar-refractivity contribution in [2.75, 3.05) is 12.9 Å². The zero-order chi connectivity index (χ0) is 15.0. The van der Waals surface area contributed by atoms with Gasteiger partial charge in [0.2, 0.25) is 5.91 Å². The molecule has 0 heterocycles. The Hall–Kier alpha value is -2.02. The summed E-state index contributed by atoms with van der Waals surface area (Å²) in [6, 6.07) is 7.68. The van der Waals surface area contributed by atoms with E-state index in [1.165, 1.54) is 14.0 Å². The van der Waals surface area contributed by atoms with E-state index in [1.807, 2.05) is 0 Å². The maximum absolute atomic E-state index is 11.6. The average molecular weight is 297 g/mol. The fourth-order valence-corrected chi connectivity index (χ4v) is 2.00. The first-order valence-corrected chi connectivity index (χ1v) is 6.76. The van der Waals surface area contributed by atoms with Gasteiger partial charge in [-0.15, -0.1) is 0 Å². The molecule has 20 heavy (non-hydrogen) atoms. The van der Waals surface area contributed by atoms with E-state index in [1.54, 1.807) is 30.3 Å². The Balaban J connectivity index is 2.48. The highest BCUT2D eigenvalue weighted by Crippen LogP contribution is 2.14. The summed E-state index contributed by atoms with van der Waals surface area (Å²) in [6.07, 6.45) is 0. The molecule has 1 atom stereocenters. The summed E-state index contributed by atoms with van der Waals surface area (Å²) >= 11 is 0.788. The van der Waals surface area contributed by atoms with Gasteiger partial charge in [-0.25, -0.2) is 9.59 Å². The molecule has 0 fully saturated rings. The molecule has 0 aromatic heterocycles. The minimum Gasteiger partial charge on any atom is -0.467 e. The van der Waals surface area contributed by atoms with E-state index >= 15 is 0 Å². The van der Waals surface area contributed by atoms with Crippen molar-refractivity contribution >= 4 is 28.9 Å². The Morgan fingerprint density at radius 1 is 1.25 bits per heavy atom. The number of ether oxygens (including phenoxy) is 2. The molecule has 0 saturated carbocycles. The van der Waals surface area contributed by atoms with Crippen molar-refractivity contribution in [1.29, 1.82) is 0 Å². The second-order valence-electron chi connectivity index (χ2n) is 3.75. The highest BCUT2D eigenvalue weighted by Gasteiger charge is 2.22. The number of carbonyl (C=O) groups is 3. The van der Waals surface area contributed by atoms with Crippen LogP contribution in [0.3, 0.4) is 0 Å². The summed E-state index contributed by atoms with van der Waals surface area (Å²) < 4.78 is 9.59. The lowest BCUT2D eigenvalue weighted by Gasteiger charge is -2.14. The molecular weight excluding hydrogens is 282 g/mol. The molecule has 1 amide bonds. The Labute approximate surface area is 120 Å². The van der Waals surface area contributed by atoms with Crippen LogP contribution in [0.1, 0.15) is 6.92 Å². The van der Waals surface area contributed by atoms with Gasteiger partial charge in [-0.1, -0.05) is 18.2 Å². The molecule has 0 bridgehead atoms. The molecule has 0 aliphatic rings. The topological polar surface area (TPSA) is 81.7 Å². The average Bonchev–Trinajstić information content (AvgIpc) is 2.43. The Bertz CT molecular complexity index is 477. The molecule has 1 aromatic rings. The third-order valence-electron chi connectivity index (χ3n) is 2.18. The van der Waals surface area contributed by atoms with Gasteiger partial charge < -0.3 is 14.8 Å². The first-order chi connectivity index (χ1) is 9.52. The number of amides is 1. The van der Waals surface area contributed by atoms with Crippen LogP contribution in [0.15, 0.2) is 30.3 Å². The zero-order valence-corrected chi connectivity index (χ0v) is 11.9. The molecule has 108 valence electrons. The number of thioether (sulfide) groups is 1. The second kappa shape index (κ2) is 8.21. The minimum absolute atomic E-state index is 0.0396. The highest BCUT2D eigenvalue weighted by atomic mass is 32.2. The first kappa shape index (κ1) is 16.0. The van der Waals surface area contributed by atoms with E-state index in [0.717, 1.165) is 11.8 Å². The van der Waals surface area contributed by atoms with Gasteiger partial charge in [0.1, 0.15) is 11.8 Å². The van der Waals surface area contributed by atoms with Crippen LogP contribution in [0.5, 0.6) is 5.75 Å². The van der Waals surface area contributed by atoms with Gasteiger partial charge in [-0.3, -0.25) is 4.79 Å². The molecule has 6 nitrogen and oxygen atoms in total. The molecular formula is C13H15NO5S. The number of benzene rings is 1. The van der Waals surface area contributed by atoms with Crippen LogP contribution in [0.2, 0.25) is 0 Å². The third-order valence-corrected chi connectivity index (χ3v) is 2.99. The standard InChI is InChI=1S/C13H15NO5S/c1-9(15)14-11(12(16)18-2)8-20-13(17)19-10-6-4-3-5-7-10/h3-7,11H,8H2,1-2H3,(H,14,15). The smallest absolute Gasteiger partial charge is 0.372 e. The van der Waals surface area contributed by atoms with E-state index in [-0.39, 0.29) is 11.7 Å². The van der Waals surface area contributed by atoms with E-state index < -0.39 is 17.3 Å². The van der Waals surface area contributed by atoms with Crippen molar-refractivity contribution in [3.05, 3.63) is 30.3 Å². The fourth-order valence-electron chi connectivity index (χ4n) is 1.32. The molecule has 1 rings (SSSR count). The number of carbonyl (C=O) groups excluding carboxylic acids is 3. The fraction of sp³-hybridized carbons (Fsp3) is 0.308. The van der Waals surface area contributed by atoms with Gasteiger partial charge in [0.05, 0.1) is 7.11 Å². The zero-order valence-electron chi connectivity index (χ0n) is 11.1. The second-order valence-corrected chi connectivity index (χ2v) is 4.71. The van der Waals surface area contributed by atoms with Crippen molar-refractivity contribution in [2.24, 2.45) is 0 Å². The highest BCUT2D eigenvalue weighted by molar-refractivity contribution is 8.13. The molecule has 1 unspecified atom stereocenters. The number of hydrogen-bond acceptors (Lipinski definition) is 6. The predicted octanol–water partition coefficient (Wildman–Crippen LogP) is 1.60. The molecule has 0 radical (unpaired) electrons. The molecule has 0 aliphatic carbocycles. The van der Waals surface area contributed by atoms with E-state index in [9.17, 15) is 14.4 Å². The lowest BCUT2D eigenvalue weighted by Crippen LogP contribution is -2.42. The minimum atomic E-state index is -0.883. The maximum atomic E-state index is 11.6. The van der Waals surface area contributed by atoms with Gasteiger partial charge >= 0.3 is 11.3 Å². The number of hydrogen-bond donors (Lipinski definition) is 1. The molecule has 7 heteroatoms.